The Balaban J connectivity index is 1.50. The van der Waals surface area contributed by atoms with E-state index >= 15 is 0 Å². The molecule has 2 heterocycles. The predicted octanol–water partition coefficient (Wildman–Crippen LogP) is 4.78. The van der Waals surface area contributed by atoms with Crippen LogP contribution in [0.15, 0.2) is 48.5 Å². The molecule has 3 aromatic rings. The average Bonchev–Trinajstić information content (AvgIpc) is 3.44. The first-order chi connectivity index (χ1) is 16.0. The Morgan fingerprint density at radius 1 is 1.12 bits per heavy atom. The van der Waals surface area contributed by atoms with Gasteiger partial charge in [0.1, 0.15) is 5.75 Å². The summed E-state index contributed by atoms with van der Waals surface area (Å²) in [5.41, 5.74) is 4.36. The number of methoxy groups -OCH3 is 1. The fraction of sp³-hybridized carbons (Fsp3) is 0.385. The van der Waals surface area contributed by atoms with E-state index in [9.17, 15) is 4.79 Å². The number of rotatable bonds is 8. The summed E-state index contributed by atoms with van der Waals surface area (Å²) in [5, 5.41) is 8.50. The lowest BCUT2D eigenvalue weighted by molar-refractivity contribution is 0.0936. The molecule has 0 bridgehead atoms. The molecule has 4 rings (SSSR count). The molecule has 1 amide bonds. The van der Waals surface area contributed by atoms with Gasteiger partial charge >= 0.3 is 0 Å². The van der Waals surface area contributed by atoms with Gasteiger partial charge in [-0.2, -0.15) is 5.10 Å². The molecule has 2 aromatic carbocycles. The third-order valence-electron chi connectivity index (χ3n) is 6.42. The van der Waals surface area contributed by atoms with E-state index in [0.717, 1.165) is 35.8 Å². The first-order valence-corrected chi connectivity index (χ1v) is 11.8. The second-order valence-electron chi connectivity index (χ2n) is 8.54. The molecule has 1 atom stereocenters. The van der Waals surface area contributed by atoms with Gasteiger partial charge in [-0.15, -0.1) is 0 Å². The van der Waals surface area contributed by atoms with Crippen molar-refractivity contribution < 1.29 is 9.53 Å². The van der Waals surface area contributed by atoms with Gasteiger partial charge in [-0.05, 0) is 69.1 Å². The van der Waals surface area contributed by atoms with E-state index in [2.05, 4.69) is 27.4 Å². The zero-order valence-electron chi connectivity index (χ0n) is 19.5. The highest BCUT2D eigenvalue weighted by atomic mass is 35.5. The van der Waals surface area contributed by atoms with Gasteiger partial charge in [0.25, 0.3) is 5.91 Å². The molecule has 0 aliphatic carbocycles. The number of aromatic nitrogens is 2. The second kappa shape index (κ2) is 10.4. The molecule has 174 valence electrons. The molecule has 6 nitrogen and oxygen atoms in total. The maximum absolute atomic E-state index is 13.2. The maximum Gasteiger partial charge on any atom is 0.255 e. The van der Waals surface area contributed by atoms with Crippen molar-refractivity contribution in [3.63, 3.8) is 0 Å². The highest BCUT2D eigenvalue weighted by Crippen LogP contribution is 2.27. The van der Waals surface area contributed by atoms with Crippen LogP contribution < -0.4 is 10.1 Å². The van der Waals surface area contributed by atoms with Crippen LogP contribution in [0.3, 0.4) is 0 Å². The lowest BCUT2D eigenvalue weighted by atomic mass is 10.0. The Kier molecular flexibility index (Phi) is 7.36. The Hall–Kier alpha value is -2.83. The van der Waals surface area contributed by atoms with Crippen LogP contribution in [-0.4, -0.2) is 47.3 Å². The number of likely N-dealkylation sites (tertiary alicyclic amines) is 1. The molecule has 1 saturated heterocycles. The van der Waals surface area contributed by atoms with Gasteiger partial charge in [-0.1, -0.05) is 41.9 Å². The van der Waals surface area contributed by atoms with Gasteiger partial charge < -0.3 is 10.1 Å². The summed E-state index contributed by atoms with van der Waals surface area (Å²) in [6.07, 6.45) is 2.38. The number of amides is 1. The summed E-state index contributed by atoms with van der Waals surface area (Å²) in [6, 6.07) is 16.0. The van der Waals surface area contributed by atoms with Crippen molar-refractivity contribution in [1.29, 1.82) is 0 Å². The Labute approximate surface area is 200 Å². The van der Waals surface area contributed by atoms with Crippen molar-refractivity contribution >= 4 is 17.5 Å². The Morgan fingerprint density at radius 2 is 1.82 bits per heavy atom. The molecule has 1 aliphatic heterocycles. The Bertz CT molecular complexity index is 1100. The van der Waals surface area contributed by atoms with Crippen LogP contribution in [0.2, 0.25) is 5.02 Å². The summed E-state index contributed by atoms with van der Waals surface area (Å²) in [5.74, 6) is 0.744. The average molecular weight is 467 g/mol. The minimum Gasteiger partial charge on any atom is -0.497 e. The lowest BCUT2D eigenvalue weighted by Crippen LogP contribution is -2.37. The van der Waals surface area contributed by atoms with Crippen LogP contribution in [0, 0.1) is 13.8 Å². The van der Waals surface area contributed by atoms with E-state index in [1.807, 2.05) is 54.9 Å². The number of nitrogens with one attached hydrogen (secondary N) is 1. The fourth-order valence-electron chi connectivity index (χ4n) is 4.58. The number of carbonyl (C=O) groups excluding carboxylic acids is 1. The second-order valence-corrected chi connectivity index (χ2v) is 8.94. The smallest absolute Gasteiger partial charge is 0.255 e. The van der Waals surface area contributed by atoms with E-state index in [1.54, 1.807) is 7.11 Å². The molecule has 0 saturated carbocycles. The van der Waals surface area contributed by atoms with Crippen LogP contribution in [0.25, 0.3) is 0 Å². The third kappa shape index (κ3) is 5.23. The van der Waals surface area contributed by atoms with E-state index in [4.69, 9.17) is 16.3 Å². The summed E-state index contributed by atoms with van der Waals surface area (Å²) >= 11 is 6.33. The Morgan fingerprint density at radius 3 is 2.48 bits per heavy atom. The first kappa shape index (κ1) is 23.3. The summed E-state index contributed by atoms with van der Waals surface area (Å²) in [4.78, 5) is 15.7. The predicted molar refractivity (Wildman–Crippen MR) is 131 cm³/mol. The summed E-state index contributed by atoms with van der Waals surface area (Å²) < 4.78 is 7.16. The monoisotopic (exact) mass is 466 g/mol. The molecule has 0 spiro atoms. The first-order valence-electron chi connectivity index (χ1n) is 11.4. The summed E-state index contributed by atoms with van der Waals surface area (Å²) in [7, 11) is 1.67. The minimum absolute atomic E-state index is 0.0897. The molecule has 1 N–H and O–H groups in total. The number of hydrogen-bond acceptors (Lipinski definition) is 4. The molecular weight excluding hydrogens is 436 g/mol. The van der Waals surface area contributed by atoms with Crippen LogP contribution in [-0.2, 0) is 6.54 Å². The quantitative estimate of drug-likeness (QED) is 0.519. The van der Waals surface area contributed by atoms with Crippen molar-refractivity contribution in [3.05, 3.63) is 81.6 Å². The number of halogens is 1. The molecule has 0 unspecified atom stereocenters. The highest BCUT2D eigenvalue weighted by molar-refractivity contribution is 6.31. The zero-order chi connectivity index (χ0) is 23.4. The minimum atomic E-state index is -0.0897. The lowest BCUT2D eigenvalue weighted by Gasteiger charge is -2.28. The molecule has 1 fully saturated rings. The standard InChI is InChI=1S/C26H31ClN4O2/c1-18-25(19(2)31(29-18)17-21-8-4-5-9-23(21)27)26(32)28-16-24(30-14-6-7-15-30)20-10-12-22(33-3)13-11-20/h4-5,8-13,24H,6-7,14-17H2,1-3H3,(H,28,32)/t24-/m0/s1. The van der Waals surface area contributed by atoms with Gasteiger partial charge in [-0.25, -0.2) is 0 Å². The largest absolute Gasteiger partial charge is 0.497 e. The number of ether oxygens (including phenoxy) is 1. The summed E-state index contributed by atoms with van der Waals surface area (Å²) in [6.45, 7) is 6.97. The van der Waals surface area contributed by atoms with Crippen LogP contribution in [0.1, 0.15) is 51.8 Å². The van der Waals surface area contributed by atoms with Crippen LogP contribution in [0.5, 0.6) is 5.75 Å². The SMILES string of the molecule is COc1ccc([C@H](CNC(=O)c2c(C)nn(Cc3ccccc3Cl)c2C)N2CCCC2)cc1. The van der Waals surface area contributed by atoms with E-state index in [0.29, 0.717) is 23.7 Å². The van der Waals surface area contributed by atoms with Gasteiger partial charge in [0.05, 0.1) is 31.0 Å². The molecular formula is C26H31ClN4O2. The van der Waals surface area contributed by atoms with Crippen molar-refractivity contribution in [1.82, 2.24) is 20.0 Å². The molecule has 1 aliphatic rings. The van der Waals surface area contributed by atoms with Crippen molar-refractivity contribution in [2.45, 2.75) is 39.3 Å². The van der Waals surface area contributed by atoms with Crippen molar-refractivity contribution in [2.24, 2.45) is 0 Å². The topological polar surface area (TPSA) is 59.4 Å². The molecule has 33 heavy (non-hydrogen) atoms. The number of nitrogens with zero attached hydrogens (tertiary/aromatic N) is 3. The van der Waals surface area contributed by atoms with Crippen LogP contribution >= 0.6 is 11.6 Å². The van der Waals surface area contributed by atoms with E-state index in [1.165, 1.54) is 18.4 Å². The zero-order valence-corrected chi connectivity index (χ0v) is 20.2. The normalized spacial score (nSPS) is 14.9. The van der Waals surface area contributed by atoms with Gasteiger partial charge in [-0.3, -0.25) is 14.4 Å². The number of benzene rings is 2. The molecule has 7 heteroatoms. The molecule has 1 aromatic heterocycles. The van der Waals surface area contributed by atoms with E-state index in [-0.39, 0.29) is 11.9 Å². The third-order valence-corrected chi connectivity index (χ3v) is 6.79. The van der Waals surface area contributed by atoms with Crippen molar-refractivity contribution in [2.75, 3.05) is 26.7 Å². The van der Waals surface area contributed by atoms with Gasteiger partial charge in [0.15, 0.2) is 0 Å². The maximum atomic E-state index is 13.2. The number of hydrogen-bond donors (Lipinski definition) is 1. The van der Waals surface area contributed by atoms with Crippen molar-refractivity contribution in [3.8, 4) is 5.75 Å². The number of aryl methyl sites for hydroxylation is 1. The molecule has 0 radical (unpaired) electrons. The van der Waals surface area contributed by atoms with E-state index < -0.39 is 0 Å². The fourth-order valence-corrected chi connectivity index (χ4v) is 4.78. The van der Waals surface area contributed by atoms with Gasteiger partial charge in [0.2, 0.25) is 0 Å². The van der Waals surface area contributed by atoms with Gasteiger partial charge in [0, 0.05) is 17.3 Å². The van der Waals surface area contributed by atoms with Crippen LogP contribution in [0.4, 0.5) is 0 Å². The highest BCUT2D eigenvalue weighted by Gasteiger charge is 2.26. The number of carbonyl (C=O) groups is 1.